The van der Waals surface area contributed by atoms with Gasteiger partial charge in [-0.3, -0.25) is 4.99 Å². The Kier molecular flexibility index (Phi) is 8.99. The molecule has 1 atom stereocenters. The summed E-state index contributed by atoms with van der Waals surface area (Å²) in [5.74, 6) is 0.695. The first-order valence-corrected chi connectivity index (χ1v) is 10.7. The van der Waals surface area contributed by atoms with Crippen LogP contribution in [-0.2, 0) is 26.0 Å². The number of nitrogens with zero attached hydrogens (tertiary/aromatic N) is 1. The molecule has 1 saturated heterocycles. The van der Waals surface area contributed by atoms with Crippen LogP contribution in [0.3, 0.4) is 0 Å². The van der Waals surface area contributed by atoms with E-state index in [1.165, 1.54) is 0 Å². The van der Waals surface area contributed by atoms with E-state index in [0.717, 1.165) is 31.4 Å². The van der Waals surface area contributed by atoms with E-state index in [-0.39, 0.29) is 11.0 Å². The fraction of sp³-hybridized carbons (Fsp3) is 0.611. The number of rotatable bonds is 10. The largest absolute Gasteiger partial charge is 0.385 e. The Hall–Kier alpha value is -1.68. The Balaban J connectivity index is 1.81. The Morgan fingerprint density at radius 2 is 2.07 bits per heavy atom. The lowest BCUT2D eigenvalue weighted by atomic mass is 10.2. The lowest BCUT2D eigenvalue weighted by molar-refractivity contribution is 0.114. The van der Waals surface area contributed by atoms with Crippen LogP contribution in [0.15, 0.2) is 34.2 Å². The van der Waals surface area contributed by atoms with Crippen molar-refractivity contribution in [3.63, 3.8) is 0 Å². The van der Waals surface area contributed by atoms with Crippen LogP contribution in [0.25, 0.3) is 0 Å². The monoisotopic (exact) mass is 398 g/mol. The fourth-order valence-electron chi connectivity index (χ4n) is 2.71. The van der Waals surface area contributed by atoms with Gasteiger partial charge >= 0.3 is 0 Å². The van der Waals surface area contributed by atoms with E-state index in [0.29, 0.717) is 32.3 Å². The normalized spacial score (nSPS) is 17.9. The van der Waals surface area contributed by atoms with Crippen molar-refractivity contribution in [1.29, 1.82) is 0 Å². The van der Waals surface area contributed by atoms with Gasteiger partial charge in [0.15, 0.2) is 5.96 Å². The van der Waals surface area contributed by atoms with Crippen molar-refractivity contribution in [2.24, 2.45) is 4.99 Å². The summed E-state index contributed by atoms with van der Waals surface area (Å²) < 4.78 is 37.8. The van der Waals surface area contributed by atoms with E-state index < -0.39 is 10.0 Å². The van der Waals surface area contributed by atoms with Crippen molar-refractivity contribution in [2.45, 2.75) is 36.8 Å². The lowest BCUT2D eigenvalue weighted by Crippen LogP contribution is -2.37. The minimum absolute atomic E-state index is 0.0219. The topological polar surface area (TPSA) is 101 Å². The van der Waals surface area contributed by atoms with Crippen molar-refractivity contribution >= 4 is 16.0 Å². The quantitative estimate of drug-likeness (QED) is 0.307. The molecule has 0 aromatic heterocycles. The molecular weight excluding hydrogens is 368 g/mol. The SMILES string of the molecule is CN=C(NCCCOC)NCc1ccc(S(=O)(=O)NCC2CCCO2)cc1. The summed E-state index contributed by atoms with van der Waals surface area (Å²) >= 11 is 0. The first-order chi connectivity index (χ1) is 13.0. The van der Waals surface area contributed by atoms with Crippen LogP contribution in [0.4, 0.5) is 0 Å². The second kappa shape index (κ2) is 11.2. The van der Waals surface area contributed by atoms with Gasteiger partial charge in [-0.05, 0) is 37.0 Å². The molecule has 2 rings (SSSR count). The predicted molar refractivity (Wildman–Crippen MR) is 105 cm³/mol. The summed E-state index contributed by atoms with van der Waals surface area (Å²) in [6, 6.07) is 6.82. The highest BCUT2D eigenvalue weighted by Gasteiger charge is 2.20. The first kappa shape index (κ1) is 21.6. The maximum atomic E-state index is 12.4. The molecule has 152 valence electrons. The van der Waals surface area contributed by atoms with Gasteiger partial charge in [0.25, 0.3) is 0 Å². The molecule has 1 unspecified atom stereocenters. The molecule has 0 bridgehead atoms. The highest BCUT2D eigenvalue weighted by Crippen LogP contribution is 2.14. The third-order valence-corrected chi connectivity index (χ3v) is 5.70. The molecule has 3 N–H and O–H groups in total. The van der Waals surface area contributed by atoms with Crippen molar-refractivity contribution in [1.82, 2.24) is 15.4 Å². The molecule has 8 nitrogen and oxygen atoms in total. The second-order valence-electron chi connectivity index (χ2n) is 6.33. The van der Waals surface area contributed by atoms with Gasteiger partial charge in [0.05, 0.1) is 11.0 Å². The van der Waals surface area contributed by atoms with Crippen molar-refractivity contribution in [3.8, 4) is 0 Å². The average molecular weight is 399 g/mol. The summed E-state index contributed by atoms with van der Waals surface area (Å²) in [4.78, 5) is 4.41. The number of guanidine groups is 1. The molecule has 1 aromatic carbocycles. The van der Waals surface area contributed by atoms with Crippen LogP contribution < -0.4 is 15.4 Å². The number of hydrogen-bond donors (Lipinski definition) is 3. The molecule has 0 saturated carbocycles. The predicted octanol–water partition coefficient (Wildman–Crippen LogP) is 0.845. The zero-order valence-corrected chi connectivity index (χ0v) is 16.8. The molecule has 1 aliphatic heterocycles. The Labute approximate surface area is 161 Å². The standard InChI is InChI=1S/C18H30N4O4S/c1-19-18(20-10-4-11-25-2)21-13-15-6-8-17(9-7-15)27(23,24)22-14-16-5-3-12-26-16/h6-9,16,22H,3-5,10-14H2,1-2H3,(H2,19,20,21). The zero-order chi connectivity index (χ0) is 19.5. The summed E-state index contributed by atoms with van der Waals surface area (Å²) in [7, 11) is -0.131. The highest BCUT2D eigenvalue weighted by molar-refractivity contribution is 7.89. The van der Waals surface area contributed by atoms with E-state index >= 15 is 0 Å². The lowest BCUT2D eigenvalue weighted by Gasteiger charge is -2.13. The van der Waals surface area contributed by atoms with E-state index in [9.17, 15) is 8.42 Å². The Morgan fingerprint density at radius 1 is 1.30 bits per heavy atom. The Morgan fingerprint density at radius 3 is 2.70 bits per heavy atom. The average Bonchev–Trinajstić information content (AvgIpc) is 3.20. The van der Waals surface area contributed by atoms with E-state index in [4.69, 9.17) is 9.47 Å². The molecule has 0 aliphatic carbocycles. The summed E-state index contributed by atoms with van der Waals surface area (Å²) in [6.07, 6.45) is 2.75. The minimum Gasteiger partial charge on any atom is -0.385 e. The smallest absolute Gasteiger partial charge is 0.240 e. The molecule has 27 heavy (non-hydrogen) atoms. The van der Waals surface area contributed by atoms with Crippen molar-refractivity contribution < 1.29 is 17.9 Å². The molecule has 1 fully saturated rings. The molecule has 0 radical (unpaired) electrons. The first-order valence-electron chi connectivity index (χ1n) is 9.19. The number of aliphatic imine (C=N–C) groups is 1. The van der Waals surface area contributed by atoms with Gasteiger partial charge in [-0.25, -0.2) is 13.1 Å². The fourth-order valence-corrected chi connectivity index (χ4v) is 3.77. The van der Waals surface area contributed by atoms with Gasteiger partial charge < -0.3 is 20.1 Å². The maximum Gasteiger partial charge on any atom is 0.240 e. The highest BCUT2D eigenvalue weighted by atomic mass is 32.2. The number of ether oxygens (including phenoxy) is 2. The minimum atomic E-state index is -3.52. The number of sulfonamides is 1. The van der Waals surface area contributed by atoms with E-state index in [1.807, 2.05) is 0 Å². The van der Waals surface area contributed by atoms with Gasteiger partial charge in [0.1, 0.15) is 0 Å². The number of nitrogens with one attached hydrogen (secondary N) is 3. The second-order valence-corrected chi connectivity index (χ2v) is 8.10. The number of methoxy groups -OCH3 is 1. The maximum absolute atomic E-state index is 12.4. The molecule has 0 amide bonds. The van der Waals surface area contributed by atoms with Crippen LogP contribution in [0, 0.1) is 0 Å². The molecule has 1 aromatic rings. The van der Waals surface area contributed by atoms with Crippen molar-refractivity contribution in [2.75, 3.05) is 40.5 Å². The third kappa shape index (κ3) is 7.45. The summed E-state index contributed by atoms with van der Waals surface area (Å²) in [5.41, 5.74) is 0.966. The molecule has 1 heterocycles. The van der Waals surface area contributed by atoms with Gasteiger partial charge in [0.2, 0.25) is 10.0 Å². The molecule has 1 aliphatic rings. The zero-order valence-electron chi connectivity index (χ0n) is 16.0. The van der Waals surface area contributed by atoms with Crippen LogP contribution in [0.2, 0.25) is 0 Å². The van der Waals surface area contributed by atoms with Gasteiger partial charge in [-0.15, -0.1) is 0 Å². The van der Waals surface area contributed by atoms with Crippen LogP contribution >= 0.6 is 0 Å². The van der Waals surface area contributed by atoms with Crippen molar-refractivity contribution in [3.05, 3.63) is 29.8 Å². The summed E-state index contributed by atoms with van der Waals surface area (Å²) in [6.45, 7) is 3.03. The molecule has 9 heteroatoms. The van der Waals surface area contributed by atoms with Crippen LogP contribution in [0.5, 0.6) is 0 Å². The van der Waals surface area contributed by atoms with Gasteiger partial charge in [0, 0.05) is 47.0 Å². The van der Waals surface area contributed by atoms with Gasteiger partial charge in [-0.1, -0.05) is 12.1 Å². The van der Waals surface area contributed by atoms with Crippen LogP contribution in [0.1, 0.15) is 24.8 Å². The Bertz CT molecular complexity index is 686. The van der Waals surface area contributed by atoms with E-state index in [2.05, 4.69) is 20.3 Å². The number of benzene rings is 1. The van der Waals surface area contributed by atoms with Crippen LogP contribution in [-0.4, -0.2) is 60.9 Å². The summed E-state index contributed by atoms with van der Waals surface area (Å²) in [5, 5.41) is 6.39. The molecule has 0 spiro atoms. The van der Waals surface area contributed by atoms with E-state index in [1.54, 1.807) is 38.4 Å². The third-order valence-electron chi connectivity index (χ3n) is 4.26. The number of hydrogen-bond acceptors (Lipinski definition) is 5. The van der Waals surface area contributed by atoms with Gasteiger partial charge in [-0.2, -0.15) is 0 Å². The molecular formula is C18H30N4O4S.